The van der Waals surface area contributed by atoms with E-state index in [0.717, 1.165) is 4.90 Å². The van der Waals surface area contributed by atoms with Crippen LogP contribution in [0.1, 0.15) is 17.3 Å². The van der Waals surface area contributed by atoms with Crippen LogP contribution in [0.15, 0.2) is 65.6 Å². The van der Waals surface area contributed by atoms with E-state index in [-0.39, 0.29) is 17.1 Å². The summed E-state index contributed by atoms with van der Waals surface area (Å²) in [4.78, 5) is 26.5. The largest absolute Gasteiger partial charge is 0.497 e. The minimum Gasteiger partial charge on any atom is -0.497 e. The standard InChI is InChI=1S/C26H28N2O6S/c1-16(25(29)28-20-15-18(31-2)11-14-21(20)32-3)35-19-12-9-17(10-13-19)27-26(30)24-22(33-4)7-6-8-23(24)34-5/h6-16H,1-5H3,(H,27,30)(H,28,29). The summed E-state index contributed by atoms with van der Waals surface area (Å²) in [5, 5.41) is 5.36. The van der Waals surface area contributed by atoms with Gasteiger partial charge in [0.1, 0.15) is 28.6 Å². The highest BCUT2D eigenvalue weighted by atomic mass is 32.2. The molecule has 35 heavy (non-hydrogen) atoms. The van der Waals surface area contributed by atoms with Crippen molar-refractivity contribution in [1.29, 1.82) is 0 Å². The highest BCUT2D eigenvalue weighted by molar-refractivity contribution is 8.00. The van der Waals surface area contributed by atoms with E-state index in [1.807, 2.05) is 19.1 Å². The molecule has 2 N–H and O–H groups in total. The molecule has 184 valence electrons. The molecule has 8 nitrogen and oxygen atoms in total. The van der Waals surface area contributed by atoms with Crippen LogP contribution in [-0.2, 0) is 4.79 Å². The van der Waals surface area contributed by atoms with E-state index in [2.05, 4.69) is 10.6 Å². The van der Waals surface area contributed by atoms with Gasteiger partial charge in [0.15, 0.2) is 0 Å². The molecule has 1 unspecified atom stereocenters. The Labute approximate surface area is 208 Å². The maximum atomic E-state index is 12.8. The molecule has 0 spiro atoms. The number of nitrogens with one attached hydrogen (secondary N) is 2. The van der Waals surface area contributed by atoms with Gasteiger partial charge in [-0.05, 0) is 55.5 Å². The van der Waals surface area contributed by atoms with Gasteiger partial charge in [-0.2, -0.15) is 0 Å². The Hall–Kier alpha value is -3.85. The highest BCUT2D eigenvalue weighted by Crippen LogP contribution is 2.32. The lowest BCUT2D eigenvalue weighted by atomic mass is 10.1. The van der Waals surface area contributed by atoms with Gasteiger partial charge in [-0.25, -0.2) is 0 Å². The molecule has 3 aromatic rings. The van der Waals surface area contributed by atoms with Gasteiger partial charge >= 0.3 is 0 Å². The Bertz CT molecular complexity index is 1160. The number of rotatable bonds is 10. The molecule has 1 atom stereocenters. The van der Waals surface area contributed by atoms with Crippen molar-refractivity contribution in [2.24, 2.45) is 0 Å². The molecule has 0 saturated carbocycles. The van der Waals surface area contributed by atoms with Crippen LogP contribution >= 0.6 is 11.8 Å². The normalized spacial score (nSPS) is 11.2. The third-order valence-corrected chi connectivity index (χ3v) is 6.23. The van der Waals surface area contributed by atoms with Gasteiger partial charge in [-0.3, -0.25) is 9.59 Å². The summed E-state index contributed by atoms with van der Waals surface area (Å²) in [5.74, 6) is 1.47. The van der Waals surface area contributed by atoms with Crippen molar-refractivity contribution in [3.05, 3.63) is 66.2 Å². The minimum absolute atomic E-state index is 0.179. The Kier molecular flexibility index (Phi) is 8.86. The first-order valence-corrected chi connectivity index (χ1v) is 11.6. The number of methoxy groups -OCH3 is 4. The van der Waals surface area contributed by atoms with E-state index < -0.39 is 0 Å². The first-order chi connectivity index (χ1) is 16.9. The summed E-state index contributed by atoms with van der Waals surface area (Å²) in [6.07, 6.45) is 0. The smallest absolute Gasteiger partial charge is 0.263 e. The Morgan fingerprint density at radius 3 is 1.97 bits per heavy atom. The number of ether oxygens (including phenoxy) is 4. The van der Waals surface area contributed by atoms with Gasteiger partial charge in [-0.1, -0.05) is 6.07 Å². The zero-order chi connectivity index (χ0) is 25.4. The minimum atomic E-state index is -0.385. The lowest BCUT2D eigenvalue weighted by Gasteiger charge is -2.15. The van der Waals surface area contributed by atoms with Gasteiger partial charge in [0.2, 0.25) is 5.91 Å². The quantitative estimate of drug-likeness (QED) is 0.378. The molecule has 9 heteroatoms. The van der Waals surface area contributed by atoms with Gasteiger partial charge in [0.05, 0.1) is 39.4 Å². The molecule has 0 aromatic heterocycles. The Morgan fingerprint density at radius 1 is 0.771 bits per heavy atom. The number of thioether (sulfide) groups is 1. The summed E-state index contributed by atoms with van der Waals surface area (Å²) in [6.45, 7) is 1.82. The van der Waals surface area contributed by atoms with E-state index >= 15 is 0 Å². The lowest BCUT2D eigenvalue weighted by Crippen LogP contribution is -2.22. The first kappa shape index (κ1) is 25.8. The van der Waals surface area contributed by atoms with Crippen LogP contribution < -0.4 is 29.6 Å². The maximum absolute atomic E-state index is 12.8. The van der Waals surface area contributed by atoms with Crippen molar-refractivity contribution in [3.63, 3.8) is 0 Å². The van der Waals surface area contributed by atoms with Crippen molar-refractivity contribution < 1.29 is 28.5 Å². The molecule has 0 saturated heterocycles. The molecule has 0 aliphatic carbocycles. The van der Waals surface area contributed by atoms with Crippen LogP contribution in [0.3, 0.4) is 0 Å². The number of anilines is 2. The second-order valence-electron chi connectivity index (χ2n) is 7.33. The van der Waals surface area contributed by atoms with Gasteiger partial charge < -0.3 is 29.6 Å². The zero-order valence-corrected chi connectivity index (χ0v) is 21.0. The van der Waals surface area contributed by atoms with Crippen molar-refractivity contribution in [1.82, 2.24) is 0 Å². The van der Waals surface area contributed by atoms with Crippen molar-refractivity contribution >= 4 is 35.0 Å². The Morgan fingerprint density at radius 2 is 1.40 bits per heavy atom. The maximum Gasteiger partial charge on any atom is 0.263 e. The van der Waals surface area contributed by atoms with Crippen LogP contribution in [0.2, 0.25) is 0 Å². The SMILES string of the molecule is COc1ccc(OC)c(NC(=O)C(C)Sc2ccc(NC(=O)c3c(OC)cccc3OC)cc2)c1. The zero-order valence-electron chi connectivity index (χ0n) is 20.2. The average molecular weight is 497 g/mol. The van der Waals surface area contributed by atoms with Gasteiger partial charge in [0.25, 0.3) is 5.91 Å². The summed E-state index contributed by atoms with van der Waals surface area (Å²) >= 11 is 1.39. The fourth-order valence-corrected chi connectivity index (χ4v) is 4.16. The molecule has 3 aromatic carbocycles. The van der Waals surface area contributed by atoms with Gasteiger partial charge in [-0.15, -0.1) is 11.8 Å². The molecule has 3 rings (SSSR count). The van der Waals surface area contributed by atoms with E-state index in [1.165, 1.54) is 26.0 Å². The number of benzene rings is 3. The second kappa shape index (κ2) is 12.0. The molecule has 0 fully saturated rings. The number of hydrogen-bond donors (Lipinski definition) is 2. The summed E-state index contributed by atoms with van der Waals surface area (Å²) < 4.78 is 21.2. The van der Waals surface area contributed by atoms with Crippen LogP contribution in [0.4, 0.5) is 11.4 Å². The fraction of sp³-hybridized carbons (Fsp3) is 0.231. The molecule has 0 aliphatic rings. The third kappa shape index (κ3) is 6.39. The van der Waals surface area contributed by atoms with Crippen molar-refractivity contribution in [3.8, 4) is 23.0 Å². The molecular formula is C26H28N2O6S. The molecule has 2 amide bonds. The predicted molar refractivity (Wildman–Crippen MR) is 137 cm³/mol. The number of carbonyl (C=O) groups is 2. The highest BCUT2D eigenvalue weighted by Gasteiger charge is 2.19. The topological polar surface area (TPSA) is 95.1 Å². The number of carbonyl (C=O) groups excluding carboxylic acids is 2. The monoisotopic (exact) mass is 496 g/mol. The van der Waals surface area contributed by atoms with Crippen LogP contribution in [-0.4, -0.2) is 45.5 Å². The summed E-state index contributed by atoms with van der Waals surface area (Å²) in [7, 11) is 6.10. The third-order valence-electron chi connectivity index (χ3n) is 5.11. The Balaban J connectivity index is 1.65. The molecular weight excluding hydrogens is 468 g/mol. The van der Waals surface area contributed by atoms with Crippen molar-refractivity contribution in [2.75, 3.05) is 39.1 Å². The molecule has 0 radical (unpaired) electrons. The van der Waals surface area contributed by atoms with Crippen LogP contribution in [0, 0.1) is 0 Å². The molecule has 0 bridgehead atoms. The van der Waals surface area contributed by atoms with Crippen LogP contribution in [0.25, 0.3) is 0 Å². The summed E-state index contributed by atoms with van der Waals surface area (Å²) in [5.41, 5.74) is 1.45. The number of amides is 2. The summed E-state index contributed by atoms with van der Waals surface area (Å²) in [6, 6.07) is 17.6. The van der Waals surface area contributed by atoms with E-state index in [0.29, 0.717) is 39.9 Å². The fourth-order valence-electron chi connectivity index (χ4n) is 3.29. The number of hydrogen-bond acceptors (Lipinski definition) is 7. The lowest BCUT2D eigenvalue weighted by molar-refractivity contribution is -0.115. The average Bonchev–Trinajstić information content (AvgIpc) is 2.88. The first-order valence-electron chi connectivity index (χ1n) is 10.7. The van der Waals surface area contributed by atoms with Crippen LogP contribution in [0.5, 0.6) is 23.0 Å². The van der Waals surface area contributed by atoms with Crippen molar-refractivity contribution in [2.45, 2.75) is 17.1 Å². The van der Waals surface area contributed by atoms with E-state index in [1.54, 1.807) is 62.8 Å². The second-order valence-corrected chi connectivity index (χ2v) is 8.75. The van der Waals surface area contributed by atoms with E-state index in [9.17, 15) is 9.59 Å². The molecule has 0 aliphatic heterocycles. The predicted octanol–water partition coefficient (Wildman–Crippen LogP) is 5.09. The van der Waals surface area contributed by atoms with E-state index in [4.69, 9.17) is 18.9 Å². The van der Waals surface area contributed by atoms with Gasteiger partial charge in [0, 0.05) is 16.6 Å². The molecule has 0 heterocycles.